The predicted molar refractivity (Wildman–Crippen MR) is 93.1 cm³/mol. The lowest BCUT2D eigenvalue weighted by molar-refractivity contribution is 0.0657. The number of aliphatic imine (C=N–C) groups is 1. The van der Waals surface area contributed by atoms with Crippen molar-refractivity contribution in [1.29, 1.82) is 0 Å². The zero-order valence-electron chi connectivity index (χ0n) is 14.3. The molecule has 1 aromatic rings. The zero-order valence-corrected chi connectivity index (χ0v) is 14.3. The van der Waals surface area contributed by atoms with Gasteiger partial charge in [0.05, 0.1) is 11.1 Å². The van der Waals surface area contributed by atoms with Crippen LogP contribution in [0.25, 0.3) is 0 Å². The number of guanidine groups is 1. The smallest absolute Gasteiger partial charge is 0.261 e. The number of amides is 2. The largest absolute Gasteiger partial charge is 0.354 e. The summed E-state index contributed by atoms with van der Waals surface area (Å²) < 4.78 is 0. The number of benzene rings is 1. The second kappa shape index (κ2) is 7.03. The van der Waals surface area contributed by atoms with Gasteiger partial charge in [0, 0.05) is 33.2 Å². The molecule has 1 saturated heterocycles. The summed E-state index contributed by atoms with van der Waals surface area (Å²) in [5.41, 5.74) is 0.994. The Morgan fingerprint density at radius 1 is 1.25 bits per heavy atom. The number of imide groups is 1. The summed E-state index contributed by atoms with van der Waals surface area (Å²) in [4.78, 5) is 32.6. The highest BCUT2D eigenvalue weighted by molar-refractivity contribution is 6.21. The molecule has 1 unspecified atom stereocenters. The number of hydrogen-bond donors (Lipinski definition) is 1. The van der Waals surface area contributed by atoms with Gasteiger partial charge in [-0.2, -0.15) is 0 Å². The van der Waals surface area contributed by atoms with Gasteiger partial charge in [-0.1, -0.05) is 19.1 Å². The lowest BCUT2D eigenvalue weighted by Gasteiger charge is -2.33. The van der Waals surface area contributed by atoms with Crippen LogP contribution in [-0.4, -0.2) is 60.8 Å². The standard InChI is InChI=1S/C18H24N4O2/c1-13-6-5-10-21(12-13)18(19-2)20-9-11-22-16(23)14-7-3-4-8-15(14)17(22)24/h3-4,7-8,13H,5-6,9-12H2,1-2H3,(H,19,20). The second-order valence-corrected chi connectivity index (χ2v) is 6.47. The van der Waals surface area contributed by atoms with E-state index in [-0.39, 0.29) is 11.8 Å². The van der Waals surface area contributed by atoms with Gasteiger partial charge in [0.1, 0.15) is 0 Å². The number of fused-ring (bicyclic) bond motifs is 1. The molecule has 0 bridgehead atoms. The minimum absolute atomic E-state index is 0.209. The van der Waals surface area contributed by atoms with E-state index in [0.717, 1.165) is 19.0 Å². The Balaban J connectivity index is 1.57. The molecule has 0 saturated carbocycles. The first-order valence-electron chi connectivity index (χ1n) is 8.52. The van der Waals surface area contributed by atoms with Crippen LogP contribution in [0, 0.1) is 5.92 Å². The van der Waals surface area contributed by atoms with E-state index < -0.39 is 0 Å². The lowest BCUT2D eigenvalue weighted by atomic mass is 10.0. The van der Waals surface area contributed by atoms with Crippen LogP contribution in [-0.2, 0) is 0 Å². The van der Waals surface area contributed by atoms with Crippen molar-refractivity contribution in [2.75, 3.05) is 33.2 Å². The van der Waals surface area contributed by atoms with Crippen molar-refractivity contribution in [2.24, 2.45) is 10.9 Å². The average molecular weight is 328 g/mol. The first kappa shape index (κ1) is 16.5. The monoisotopic (exact) mass is 328 g/mol. The fraction of sp³-hybridized carbons (Fsp3) is 0.500. The van der Waals surface area contributed by atoms with Crippen molar-refractivity contribution in [3.63, 3.8) is 0 Å². The molecule has 0 spiro atoms. The van der Waals surface area contributed by atoms with E-state index in [4.69, 9.17) is 0 Å². The normalized spacial score (nSPS) is 21.2. The molecular formula is C18H24N4O2. The summed E-state index contributed by atoms with van der Waals surface area (Å²) in [6.07, 6.45) is 2.42. The Morgan fingerprint density at radius 2 is 1.92 bits per heavy atom. The van der Waals surface area contributed by atoms with Crippen LogP contribution in [0.3, 0.4) is 0 Å². The SMILES string of the molecule is CN=C(NCCN1C(=O)c2ccccc2C1=O)N1CCCC(C)C1. The summed E-state index contributed by atoms with van der Waals surface area (Å²) in [5.74, 6) is 1.09. The maximum absolute atomic E-state index is 12.3. The van der Waals surface area contributed by atoms with Gasteiger partial charge in [-0.25, -0.2) is 0 Å². The first-order valence-corrected chi connectivity index (χ1v) is 8.52. The molecule has 6 heteroatoms. The number of rotatable bonds is 3. The first-order chi connectivity index (χ1) is 11.6. The molecule has 0 radical (unpaired) electrons. The van der Waals surface area contributed by atoms with Crippen LogP contribution in [0.1, 0.15) is 40.5 Å². The van der Waals surface area contributed by atoms with E-state index in [1.54, 1.807) is 31.3 Å². The minimum Gasteiger partial charge on any atom is -0.354 e. The van der Waals surface area contributed by atoms with Crippen LogP contribution in [0.15, 0.2) is 29.3 Å². The fourth-order valence-electron chi connectivity index (χ4n) is 3.44. The maximum atomic E-state index is 12.3. The molecule has 2 aliphatic rings. The predicted octanol–water partition coefficient (Wildman–Crippen LogP) is 1.59. The van der Waals surface area contributed by atoms with Gasteiger partial charge < -0.3 is 10.2 Å². The van der Waals surface area contributed by atoms with Crippen molar-refractivity contribution in [1.82, 2.24) is 15.1 Å². The number of hydrogen-bond acceptors (Lipinski definition) is 3. The Bertz CT molecular complexity index is 636. The molecule has 1 N–H and O–H groups in total. The van der Waals surface area contributed by atoms with Crippen LogP contribution >= 0.6 is 0 Å². The molecule has 0 aromatic heterocycles. The maximum Gasteiger partial charge on any atom is 0.261 e. The van der Waals surface area contributed by atoms with E-state index in [1.165, 1.54) is 17.7 Å². The van der Waals surface area contributed by atoms with Crippen molar-refractivity contribution < 1.29 is 9.59 Å². The number of nitrogens with one attached hydrogen (secondary N) is 1. The van der Waals surface area contributed by atoms with Gasteiger partial charge in [0.15, 0.2) is 5.96 Å². The molecule has 1 atom stereocenters. The molecule has 128 valence electrons. The third-order valence-corrected chi connectivity index (χ3v) is 4.67. The number of carbonyl (C=O) groups excluding carboxylic acids is 2. The molecule has 6 nitrogen and oxygen atoms in total. The van der Waals surface area contributed by atoms with Crippen molar-refractivity contribution in [3.05, 3.63) is 35.4 Å². The molecule has 2 amide bonds. The van der Waals surface area contributed by atoms with Gasteiger partial charge >= 0.3 is 0 Å². The Labute approximate surface area is 142 Å². The zero-order chi connectivity index (χ0) is 17.1. The second-order valence-electron chi connectivity index (χ2n) is 6.47. The van der Waals surface area contributed by atoms with Gasteiger partial charge in [0.2, 0.25) is 0 Å². The van der Waals surface area contributed by atoms with Crippen molar-refractivity contribution >= 4 is 17.8 Å². The molecule has 24 heavy (non-hydrogen) atoms. The van der Waals surface area contributed by atoms with E-state index in [2.05, 4.69) is 22.1 Å². The highest BCUT2D eigenvalue weighted by Crippen LogP contribution is 2.21. The van der Waals surface area contributed by atoms with Gasteiger partial charge in [-0.05, 0) is 30.9 Å². The molecule has 1 fully saturated rings. The number of carbonyl (C=O) groups is 2. The van der Waals surface area contributed by atoms with E-state index in [9.17, 15) is 9.59 Å². The Kier molecular flexibility index (Phi) is 4.83. The van der Waals surface area contributed by atoms with Gasteiger partial charge in [-0.3, -0.25) is 19.5 Å². The minimum atomic E-state index is -0.209. The summed E-state index contributed by atoms with van der Waals surface area (Å²) >= 11 is 0. The summed E-state index contributed by atoms with van der Waals surface area (Å²) in [5, 5.41) is 3.28. The van der Waals surface area contributed by atoms with Gasteiger partial charge in [0.25, 0.3) is 11.8 Å². The molecule has 2 heterocycles. The quantitative estimate of drug-likeness (QED) is 0.520. The van der Waals surface area contributed by atoms with E-state index in [1.807, 2.05) is 0 Å². The van der Waals surface area contributed by atoms with Crippen LogP contribution in [0.5, 0.6) is 0 Å². The van der Waals surface area contributed by atoms with E-state index in [0.29, 0.717) is 30.1 Å². The number of nitrogens with zero attached hydrogens (tertiary/aromatic N) is 3. The van der Waals surface area contributed by atoms with E-state index >= 15 is 0 Å². The highest BCUT2D eigenvalue weighted by atomic mass is 16.2. The average Bonchev–Trinajstić information content (AvgIpc) is 2.84. The van der Waals surface area contributed by atoms with Crippen LogP contribution < -0.4 is 5.32 Å². The molecule has 1 aromatic carbocycles. The summed E-state index contributed by atoms with van der Waals surface area (Å²) in [6, 6.07) is 6.98. The fourth-order valence-corrected chi connectivity index (χ4v) is 3.44. The van der Waals surface area contributed by atoms with Crippen molar-refractivity contribution in [3.8, 4) is 0 Å². The van der Waals surface area contributed by atoms with Crippen LogP contribution in [0.2, 0.25) is 0 Å². The molecule has 2 aliphatic heterocycles. The Hall–Kier alpha value is -2.37. The third-order valence-electron chi connectivity index (χ3n) is 4.67. The molecule has 3 rings (SSSR count). The topological polar surface area (TPSA) is 65.0 Å². The molecular weight excluding hydrogens is 304 g/mol. The summed E-state index contributed by atoms with van der Waals surface area (Å²) in [6.45, 7) is 5.08. The molecule has 0 aliphatic carbocycles. The summed E-state index contributed by atoms with van der Waals surface area (Å²) in [7, 11) is 1.77. The highest BCUT2D eigenvalue weighted by Gasteiger charge is 2.34. The lowest BCUT2D eigenvalue weighted by Crippen LogP contribution is -2.48. The van der Waals surface area contributed by atoms with Crippen LogP contribution in [0.4, 0.5) is 0 Å². The Morgan fingerprint density at radius 3 is 2.50 bits per heavy atom. The van der Waals surface area contributed by atoms with Crippen molar-refractivity contribution in [2.45, 2.75) is 19.8 Å². The number of piperidine rings is 1. The number of likely N-dealkylation sites (tertiary alicyclic amines) is 1. The van der Waals surface area contributed by atoms with Gasteiger partial charge in [-0.15, -0.1) is 0 Å². The third kappa shape index (κ3) is 3.13.